The number of aliphatic hydroxyl groups is 1. The van der Waals surface area contributed by atoms with Gasteiger partial charge in [-0.05, 0) is 23.6 Å². The summed E-state index contributed by atoms with van der Waals surface area (Å²) >= 11 is 0. The van der Waals surface area contributed by atoms with E-state index in [4.69, 9.17) is 0 Å². The van der Waals surface area contributed by atoms with E-state index in [0.29, 0.717) is 0 Å². The Kier molecular flexibility index (Phi) is 2.99. The zero-order valence-electron chi connectivity index (χ0n) is 10.2. The minimum absolute atomic E-state index is 0.0430. The fraction of sp³-hybridized carbons (Fsp3) is 0.267. The number of anilines is 1. The Balaban J connectivity index is 1.92. The second-order valence-electron chi connectivity index (χ2n) is 4.58. The molecule has 0 saturated heterocycles. The van der Waals surface area contributed by atoms with Crippen LogP contribution < -0.4 is 4.90 Å². The molecule has 1 aliphatic heterocycles. The van der Waals surface area contributed by atoms with Crippen LogP contribution in [0.25, 0.3) is 0 Å². The van der Waals surface area contributed by atoms with Crippen molar-refractivity contribution >= 4 is 5.82 Å². The van der Waals surface area contributed by atoms with Crippen LogP contribution in [-0.2, 0) is 19.6 Å². The lowest BCUT2D eigenvalue weighted by Crippen LogP contribution is -2.31. The van der Waals surface area contributed by atoms with E-state index >= 15 is 0 Å². The summed E-state index contributed by atoms with van der Waals surface area (Å²) in [7, 11) is 0. The largest absolute Gasteiger partial charge is 0.392 e. The van der Waals surface area contributed by atoms with E-state index in [1.807, 2.05) is 12.1 Å². The van der Waals surface area contributed by atoms with Gasteiger partial charge in [-0.3, -0.25) is 0 Å². The number of nitrogens with zero attached hydrogens (tertiary/aromatic N) is 2. The van der Waals surface area contributed by atoms with Gasteiger partial charge in [0.05, 0.1) is 6.61 Å². The average Bonchev–Trinajstić information content (AvgIpc) is 2.46. The molecule has 0 saturated carbocycles. The first-order valence-electron chi connectivity index (χ1n) is 6.25. The maximum atomic E-state index is 9.38. The molecule has 0 fully saturated rings. The maximum Gasteiger partial charge on any atom is 0.134 e. The summed E-state index contributed by atoms with van der Waals surface area (Å²) < 4.78 is 0. The zero-order chi connectivity index (χ0) is 12.4. The molecule has 0 atom stereocenters. The predicted molar refractivity (Wildman–Crippen MR) is 71.4 cm³/mol. The Morgan fingerprint density at radius 2 is 1.94 bits per heavy atom. The molecule has 18 heavy (non-hydrogen) atoms. The van der Waals surface area contributed by atoms with Crippen LogP contribution in [-0.4, -0.2) is 16.6 Å². The fourth-order valence-corrected chi connectivity index (χ4v) is 2.51. The van der Waals surface area contributed by atoms with E-state index in [1.54, 1.807) is 6.20 Å². The lowest BCUT2D eigenvalue weighted by molar-refractivity contribution is 0.281. The third-order valence-corrected chi connectivity index (χ3v) is 3.47. The van der Waals surface area contributed by atoms with E-state index in [-0.39, 0.29) is 6.61 Å². The number of hydrogen-bond donors (Lipinski definition) is 1. The van der Waals surface area contributed by atoms with Crippen molar-refractivity contribution < 1.29 is 5.11 Å². The SMILES string of the molecule is OCc1cccnc1N1CCc2ccccc2C1. The Labute approximate surface area is 107 Å². The lowest BCUT2D eigenvalue weighted by atomic mass is 9.99. The van der Waals surface area contributed by atoms with Crippen molar-refractivity contribution in [2.24, 2.45) is 0 Å². The zero-order valence-corrected chi connectivity index (χ0v) is 10.2. The van der Waals surface area contributed by atoms with Crippen molar-refractivity contribution in [2.45, 2.75) is 19.6 Å². The Hall–Kier alpha value is -1.87. The minimum Gasteiger partial charge on any atom is -0.392 e. The van der Waals surface area contributed by atoms with Gasteiger partial charge in [-0.25, -0.2) is 4.98 Å². The van der Waals surface area contributed by atoms with Crippen LogP contribution in [0.1, 0.15) is 16.7 Å². The first kappa shape index (κ1) is 11.2. The molecule has 0 unspecified atom stereocenters. The predicted octanol–water partition coefficient (Wildman–Crippen LogP) is 2.14. The molecule has 1 aromatic carbocycles. The van der Waals surface area contributed by atoms with Gasteiger partial charge in [-0.2, -0.15) is 0 Å². The van der Waals surface area contributed by atoms with Gasteiger partial charge < -0.3 is 10.0 Å². The highest BCUT2D eigenvalue weighted by atomic mass is 16.3. The lowest BCUT2D eigenvalue weighted by Gasteiger charge is -2.30. The van der Waals surface area contributed by atoms with Gasteiger partial charge in [0.1, 0.15) is 5.82 Å². The van der Waals surface area contributed by atoms with Crippen LogP contribution in [0.5, 0.6) is 0 Å². The molecule has 0 bridgehead atoms. The second-order valence-corrected chi connectivity index (χ2v) is 4.58. The second kappa shape index (κ2) is 4.78. The van der Waals surface area contributed by atoms with Gasteiger partial charge in [0.25, 0.3) is 0 Å². The third kappa shape index (κ3) is 1.97. The van der Waals surface area contributed by atoms with Crippen LogP contribution in [0.4, 0.5) is 5.82 Å². The quantitative estimate of drug-likeness (QED) is 0.873. The number of fused-ring (bicyclic) bond motifs is 1. The summed E-state index contributed by atoms with van der Waals surface area (Å²) in [5.41, 5.74) is 3.69. The monoisotopic (exact) mass is 240 g/mol. The smallest absolute Gasteiger partial charge is 0.134 e. The first-order chi connectivity index (χ1) is 8.88. The van der Waals surface area contributed by atoms with Crippen molar-refractivity contribution in [1.29, 1.82) is 0 Å². The Morgan fingerprint density at radius 3 is 2.78 bits per heavy atom. The molecule has 2 heterocycles. The molecule has 92 valence electrons. The Bertz CT molecular complexity index is 554. The van der Waals surface area contributed by atoms with Crippen LogP contribution in [0.2, 0.25) is 0 Å². The summed E-state index contributed by atoms with van der Waals surface area (Å²) in [4.78, 5) is 6.66. The summed E-state index contributed by atoms with van der Waals surface area (Å²) in [5.74, 6) is 0.912. The van der Waals surface area contributed by atoms with Gasteiger partial charge in [-0.1, -0.05) is 30.3 Å². The normalized spacial score (nSPS) is 14.4. The van der Waals surface area contributed by atoms with E-state index in [0.717, 1.165) is 30.9 Å². The molecular weight excluding hydrogens is 224 g/mol. The number of pyridine rings is 1. The van der Waals surface area contributed by atoms with E-state index in [9.17, 15) is 5.11 Å². The molecule has 3 rings (SSSR count). The summed E-state index contributed by atoms with van der Waals surface area (Å²) in [5, 5.41) is 9.38. The maximum absolute atomic E-state index is 9.38. The number of hydrogen-bond acceptors (Lipinski definition) is 3. The molecule has 0 spiro atoms. The molecule has 0 aliphatic carbocycles. The Morgan fingerprint density at radius 1 is 1.11 bits per heavy atom. The van der Waals surface area contributed by atoms with Crippen LogP contribution in [0.3, 0.4) is 0 Å². The van der Waals surface area contributed by atoms with Crippen molar-refractivity contribution in [3.05, 3.63) is 59.3 Å². The van der Waals surface area contributed by atoms with Crippen molar-refractivity contribution in [3.8, 4) is 0 Å². The van der Waals surface area contributed by atoms with Gasteiger partial charge >= 0.3 is 0 Å². The topological polar surface area (TPSA) is 36.4 Å². The number of rotatable bonds is 2. The van der Waals surface area contributed by atoms with Gasteiger partial charge in [0, 0.05) is 24.8 Å². The standard InChI is InChI=1S/C15H16N2O/c18-11-14-6-3-8-16-15(14)17-9-7-12-4-1-2-5-13(12)10-17/h1-6,8,18H,7,9-11H2. The summed E-state index contributed by atoms with van der Waals surface area (Å²) in [6.45, 7) is 1.88. The van der Waals surface area contributed by atoms with E-state index in [2.05, 4.69) is 34.1 Å². The number of aliphatic hydroxyl groups excluding tert-OH is 1. The molecular formula is C15H16N2O. The van der Waals surface area contributed by atoms with Crippen molar-refractivity contribution in [1.82, 2.24) is 4.98 Å². The fourth-order valence-electron chi connectivity index (χ4n) is 2.51. The average molecular weight is 240 g/mol. The van der Waals surface area contributed by atoms with Gasteiger partial charge in [0.15, 0.2) is 0 Å². The molecule has 3 heteroatoms. The highest BCUT2D eigenvalue weighted by molar-refractivity contribution is 5.49. The first-order valence-corrected chi connectivity index (χ1v) is 6.25. The van der Waals surface area contributed by atoms with E-state index < -0.39 is 0 Å². The number of benzene rings is 1. The summed E-state index contributed by atoms with van der Waals surface area (Å²) in [6.07, 6.45) is 2.83. The number of aromatic nitrogens is 1. The third-order valence-electron chi connectivity index (χ3n) is 3.47. The molecule has 1 aliphatic rings. The van der Waals surface area contributed by atoms with Gasteiger partial charge in [0.2, 0.25) is 0 Å². The van der Waals surface area contributed by atoms with Crippen molar-refractivity contribution in [2.75, 3.05) is 11.4 Å². The molecule has 3 nitrogen and oxygen atoms in total. The summed E-state index contributed by atoms with van der Waals surface area (Å²) in [6, 6.07) is 12.3. The van der Waals surface area contributed by atoms with Crippen LogP contribution in [0.15, 0.2) is 42.6 Å². The van der Waals surface area contributed by atoms with Crippen molar-refractivity contribution in [3.63, 3.8) is 0 Å². The van der Waals surface area contributed by atoms with Gasteiger partial charge in [-0.15, -0.1) is 0 Å². The highest BCUT2D eigenvalue weighted by Gasteiger charge is 2.18. The minimum atomic E-state index is 0.0430. The van der Waals surface area contributed by atoms with E-state index in [1.165, 1.54) is 11.1 Å². The molecule has 1 aromatic heterocycles. The highest BCUT2D eigenvalue weighted by Crippen LogP contribution is 2.25. The van der Waals surface area contributed by atoms with Crippen LogP contribution >= 0.6 is 0 Å². The molecule has 1 N–H and O–H groups in total. The molecule has 2 aromatic rings. The molecule has 0 amide bonds. The van der Waals surface area contributed by atoms with Crippen LogP contribution in [0, 0.1) is 0 Å². The molecule has 0 radical (unpaired) electrons.